The number of benzene rings is 2. The topological polar surface area (TPSA) is 46.2 Å². The summed E-state index contributed by atoms with van der Waals surface area (Å²) in [6.45, 7) is 1.50. The van der Waals surface area contributed by atoms with Gasteiger partial charge < -0.3 is 5.32 Å². The normalized spacial score (nSPS) is 11.8. The van der Waals surface area contributed by atoms with Gasteiger partial charge in [-0.1, -0.05) is 25.1 Å². The van der Waals surface area contributed by atoms with Gasteiger partial charge in [0, 0.05) is 11.5 Å². The fourth-order valence-electron chi connectivity index (χ4n) is 2.17. The Morgan fingerprint density at radius 1 is 1.04 bits per heavy atom. The molecule has 120 valence electrons. The van der Waals surface area contributed by atoms with Crippen LogP contribution in [0, 0.1) is 17.6 Å². The number of hydrogen-bond donors (Lipinski definition) is 1. The second kappa shape index (κ2) is 7.63. The third kappa shape index (κ3) is 4.71. The summed E-state index contributed by atoms with van der Waals surface area (Å²) >= 11 is 0. The molecule has 0 aliphatic carbocycles. The van der Waals surface area contributed by atoms with Crippen molar-refractivity contribution < 1.29 is 18.4 Å². The summed E-state index contributed by atoms with van der Waals surface area (Å²) in [5, 5.41) is 2.53. The second-order valence-electron chi connectivity index (χ2n) is 5.34. The van der Waals surface area contributed by atoms with E-state index in [1.807, 2.05) is 0 Å². The molecule has 0 radical (unpaired) electrons. The number of ketones is 1. The van der Waals surface area contributed by atoms with Crippen molar-refractivity contribution in [1.82, 2.24) is 5.32 Å². The highest BCUT2D eigenvalue weighted by atomic mass is 19.1. The van der Waals surface area contributed by atoms with Crippen LogP contribution in [0.15, 0.2) is 48.5 Å². The van der Waals surface area contributed by atoms with E-state index >= 15 is 0 Å². The lowest BCUT2D eigenvalue weighted by atomic mass is 10.00. The molecule has 2 aromatic carbocycles. The Bertz CT molecular complexity index is 698. The van der Waals surface area contributed by atoms with Crippen molar-refractivity contribution in [3.63, 3.8) is 0 Å². The summed E-state index contributed by atoms with van der Waals surface area (Å²) in [5.41, 5.74) is 0.786. The van der Waals surface area contributed by atoms with E-state index in [0.29, 0.717) is 11.1 Å². The largest absolute Gasteiger partial charge is 0.348 e. The average Bonchev–Trinajstić information content (AvgIpc) is 2.55. The fraction of sp³-hybridized carbons (Fsp3) is 0.222. The zero-order valence-electron chi connectivity index (χ0n) is 12.7. The molecule has 0 saturated heterocycles. The molecule has 0 heterocycles. The van der Waals surface area contributed by atoms with Crippen molar-refractivity contribution in [2.24, 2.45) is 5.92 Å². The minimum absolute atomic E-state index is 0.175. The maximum atomic E-state index is 13.6. The van der Waals surface area contributed by atoms with Crippen LogP contribution in [0.3, 0.4) is 0 Å². The summed E-state index contributed by atoms with van der Waals surface area (Å²) in [7, 11) is 0. The molecule has 1 atom stereocenters. The first-order chi connectivity index (χ1) is 11.0. The van der Waals surface area contributed by atoms with Gasteiger partial charge in [0.15, 0.2) is 5.78 Å². The molecule has 0 spiro atoms. The SMILES string of the molecule is CC(Cc1ccccc1F)C(=O)NCC(=O)c1ccc(F)cc1. The number of carbonyl (C=O) groups is 2. The standard InChI is InChI=1S/C18H17F2NO2/c1-12(10-14-4-2-3-5-16(14)20)18(23)21-11-17(22)13-6-8-15(19)9-7-13/h2-9,12H,10-11H2,1H3,(H,21,23). The van der Waals surface area contributed by atoms with Crippen molar-refractivity contribution in [2.75, 3.05) is 6.54 Å². The first-order valence-corrected chi connectivity index (χ1v) is 7.27. The van der Waals surface area contributed by atoms with Crippen LogP contribution >= 0.6 is 0 Å². The number of Topliss-reactive ketones (excluding diaryl/α,β-unsaturated/α-hetero) is 1. The van der Waals surface area contributed by atoms with Crippen LogP contribution in [0.25, 0.3) is 0 Å². The number of nitrogens with one attached hydrogen (secondary N) is 1. The summed E-state index contributed by atoms with van der Waals surface area (Å²) in [6.07, 6.45) is 0.253. The van der Waals surface area contributed by atoms with Crippen LogP contribution in [0.5, 0.6) is 0 Å². The molecule has 0 aromatic heterocycles. The highest BCUT2D eigenvalue weighted by Crippen LogP contribution is 2.12. The van der Waals surface area contributed by atoms with Crippen LogP contribution in [0.2, 0.25) is 0 Å². The predicted octanol–water partition coefficient (Wildman–Crippen LogP) is 3.14. The Morgan fingerprint density at radius 3 is 2.35 bits per heavy atom. The van der Waals surface area contributed by atoms with Crippen LogP contribution < -0.4 is 5.32 Å². The van der Waals surface area contributed by atoms with Gasteiger partial charge in [-0.15, -0.1) is 0 Å². The molecule has 23 heavy (non-hydrogen) atoms. The van der Waals surface area contributed by atoms with Crippen molar-refractivity contribution in [2.45, 2.75) is 13.3 Å². The Labute approximate surface area is 133 Å². The summed E-state index contributed by atoms with van der Waals surface area (Å²) < 4.78 is 26.4. The first kappa shape index (κ1) is 16.8. The molecule has 1 unspecified atom stereocenters. The Hall–Kier alpha value is -2.56. The zero-order chi connectivity index (χ0) is 16.8. The van der Waals surface area contributed by atoms with Gasteiger partial charge in [0.05, 0.1) is 6.54 Å². The Morgan fingerprint density at radius 2 is 1.70 bits per heavy atom. The molecular weight excluding hydrogens is 300 g/mol. The molecule has 3 nitrogen and oxygen atoms in total. The van der Waals surface area contributed by atoms with E-state index in [4.69, 9.17) is 0 Å². The van der Waals surface area contributed by atoms with Gasteiger partial charge in [-0.3, -0.25) is 9.59 Å². The van der Waals surface area contributed by atoms with Gasteiger partial charge in [0.2, 0.25) is 5.91 Å². The lowest BCUT2D eigenvalue weighted by Gasteiger charge is -2.12. The first-order valence-electron chi connectivity index (χ1n) is 7.27. The highest BCUT2D eigenvalue weighted by Gasteiger charge is 2.16. The van der Waals surface area contributed by atoms with E-state index < -0.39 is 11.7 Å². The molecule has 0 aliphatic rings. The van der Waals surface area contributed by atoms with Crippen molar-refractivity contribution >= 4 is 11.7 Å². The molecular formula is C18H17F2NO2. The number of rotatable bonds is 6. The Kier molecular flexibility index (Phi) is 5.57. The van der Waals surface area contributed by atoms with Gasteiger partial charge in [-0.2, -0.15) is 0 Å². The summed E-state index contributed by atoms with van der Waals surface area (Å²) in [5.74, 6) is -1.88. The molecule has 0 fully saturated rings. The molecule has 1 amide bonds. The van der Waals surface area contributed by atoms with Crippen LogP contribution in [-0.4, -0.2) is 18.2 Å². The molecule has 1 N–H and O–H groups in total. The minimum Gasteiger partial charge on any atom is -0.348 e. The van der Waals surface area contributed by atoms with Crippen molar-refractivity contribution in [3.8, 4) is 0 Å². The molecule has 5 heteroatoms. The zero-order valence-corrected chi connectivity index (χ0v) is 12.7. The lowest BCUT2D eigenvalue weighted by Crippen LogP contribution is -2.34. The van der Waals surface area contributed by atoms with Crippen LogP contribution in [0.4, 0.5) is 8.78 Å². The number of amides is 1. The van der Waals surface area contributed by atoms with Gasteiger partial charge in [0.1, 0.15) is 11.6 Å². The van der Waals surface area contributed by atoms with Gasteiger partial charge in [-0.25, -0.2) is 8.78 Å². The predicted molar refractivity (Wildman–Crippen MR) is 83.0 cm³/mol. The van der Waals surface area contributed by atoms with Gasteiger partial charge in [0.25, 0.3) is 0 Å². The quantitative estimate of drug-likeness (QED) is 0.832. The van der Waals surface area contributed by atoms with Crippen molar-refractivity contribution in [3.05, 3.63) is 71.3 Å². The third-order valence-electron chi connectivity index (χ3n) is 3.52. The molecule has 0 bridgehead atoms. The third-order valence-corrected chi connectivity index (χ3v) is 3.52. The number of carbonyl (C=O) groups excluding carboxylic acids is 2. The Balaban J connectivity index is 1.87. The highest BCUT2D eigenvalue weighted by molar-refractivity contribution is 5.99. The summed E-state index contributed by atoms with van der Waals surface area (Å²) in [6, 6.07) is 11.4. The van der Waals surface area contributed by atoms with E-state index in [2.05, 4.69) is 5.32 Å². The lowest BCUT2D eigenvalue weighted by molar-refractivity contribution is -0.124. The molecule has 0 aliphatic heterocycles. The monoisotopic (exact) mass is 317 g/mol. The van der Waals surface area contributed by atoms with Crippen LogP contribution in [0.1, 0.15) is 22.8 Å². The van der Waals surface area contributed by atoms with Crippen LogP contribution in [-0.2, 0) is 11.2 Å². The molecule has 0 saturated carbocycles. The smallest absolute Gasteiger partial charge is 0.223 e. The van der Waals surface area contributed by atoms with Gasteiger partial charge in [-0.05, 0) is 42.3 Å². The van der Waals surface area contributed by atoms with E-state index in [1.54, 1.807) is 25.1 Å². The fourth-order valence-corrected chi connectivity index (χ4v) is 2.17. The molecule has 2 rings (SSSR count). The maximum absolute atomic E-state index is 13.6. The average molecular weight is 317 g/mol. The second-order valence-corrected chi connectivity index (χ2v) is 5.34. The summed E-state index contributed by atoms with van der Waals surface area (Å²) in [4.78, 5) is 23.9. The van der Waals surface area contributed by atoms with E-state index in [0.717, 1.165) is 0 Å². The van der Waals surface area contributed by atoms with Crippen molar-refractivity contribution in [1.29, 1.82) is 0 Å². The van der Waals surface area contributed by atoms with E-state index in [9.17, 15) is 18.4 Å². The van der Waals surface area contributed by atoms with E-state index in [1.165, 1.54) is 30.3 Å². The van der Waals surface area contributed by atoms with Gasteiger partial charge >= 0.3 is 0 Å². The number of halogens is 2. The minimum atomic E-state index is -0.465. The molecule has 2 aromatic rings. The van der Waals surface area contributed by atoms with E-state index in [-0.39, 0.29) is 30.5 Å². The maximum Gasteiger partial charge on any atom is 0.223 e. The number of hydrogen-bond acceptors (Lipinski definition) is 2.